The average molecular weight is 557 g/mol. The molecule has 2 aromatic rings. The number of methoxy groups -OCH3 is 3. The number of phenols is 1. The maximum Gasteiger partial charge on any atom is 0.320 e. The van der Waals surface area contributed by atoms with Crippen LogP contribution in [0.15, 0.2) is 6.07 Å². The van der Waals surface area contributed by atoms with E-state index in [9.17, 15) is 14.7 Å². The van der Waals surface area contributed by atoms with E-state index >= 15 is 0 Å². The van der Waals surface area contributed by atoms with Gasteiger partial charge in [-0.25, -0.2) is 0 Å². The second-order valence-electron chi connectivity index (χ2n) is 11.8. The molecular weight excluding hydrogens is 524 g/mol. The van der Waals surface area contributed by atoms with Crippen LogP contribution in [0.5, 0.6) is 17.2 Å². The number of hydrogen-bond acceptors (Lipinski definition) is 11. The third-order valence-corrected chi connectivity index (χ3v) is 9.25. The number of epoxide rings is 1. The molecule has 2 aromatic carbocycles. The maximum absolute atomic E-state index is 13.6. The standard InChI is InChI=1S/C29H32O11/c1-12-10-15-17(19(31)18-14(20(15)33-5)8-9-26(3,4)23(18)32)21-16(12)22-24-28(38-21,37-13(2)30)27(11-36-27)29(39-22,40-24)25(34-6)35-7/h10,22,24-25,31H,8-9,11H2,1-7H3/t22-,24-,27-,28+,29-/m0/s1. The average Bonchev–Trinajstić information content (AvgIpc) is 3.56. The number of carbonyl (C=O) groups excluding carboxylic acids is 2. The highest BCUT2D eigenvalue weighted by Crippen LogP contribution is 2.72. The van der Waals surface area contributed by atoms with Crippen molar-refractivity contribution >= 4 is 22.5 Å². The molecule has 0 saturated carbocycles. The highest BCUT2D eigenvalue weighted by atomic mass is 16.9. The lowest BCUT2D eigenvalue weighted by molar-refractivity contribution is -0.345. The van der Waals surface area contributed by atoms with Crippen LogP contribution in [0.3, 0.4) is 0 Å². The van der Waals surface area contributed by atoms with Crippen molar-refractivity contribution in [3.63, 3.8) is 0 Å². The Balaban J connectivity index is 1.55. The van der Waals surface area contributed by atoms with E-state index in [-0.39, 0.29) is 34.8 Å². The number of hydrogen-bond donors (Lipinski definition) is 1. The molecule has 0 radical (unpaired) electrons. The van der Waals surface area contributed by atoms with Gasteiger partial charge in [0.25, 0.3) is 5.79 Å². The summed E-state index contributed by atoms with van der Waals surface area (Å²) >= 11 is 0. The van der Waals surface area contributed by atoms with Gasteiger partial charge in [-0.1, -0.05) is 13.8 Å². The van der Waals surface area contributed by atoms with E-state index in [4.69, 9.17) is 37.9 Å². The summed E-state index contributed by atoms with van der Waals surface area (Å²) in [6, 6.07) is 1.88. The summed E-state index contributed by atoms with van der Waals surface area (Å²) in [6.45, 7) is 6.96. The number of rotatable bonds is 5. The molecular formula is C29H32O11. The second kappa shape index (κ2) is 7.86. The number of carbonyl (C=O) groups is 2. The van der Waals surface area contributed by atoms with E-state index in [1.54, 1.807) is 7.11 Å². The number of aromatic hydroxyl groups is 1. The normalized spacial score (nSPS) is 34.1. The molecule has 3 saturated heterocycles. The number of benzene rings is 2. The summed E-state index contributed by atoms with van der Waals surface area (Å²) in [5.41, 5.74) is 0.143. The van der Waals surface area contributed by atoms with Crippen molar-refractivity contribution in [1.82, 2.24) is 0 Å². The number of ether oxygens (including phenoxy) is 8. The van der Waals surface area contributed by atoms with Crippen molar-refractivity contribution in [3.05, 3.63) is 28.3 Å². The summed E-state index contributed by atoms with van der Waals surface area (Å²) in [5.74, 6) is -3.70. The fourth-order valence-corrected chi connectivity index (χ4v) is 7.35. The molecule has 1 aliphatic carbocycles. The van der Waals surface area contributed by atoms with Gasteiger partial charge in [-0.05, 0) is 31.4 Å². The Morgan fingerprint density at radius 2 is 1.88 bits per heavy atom. The first-order chi connectivity index (χ1) is 18.9. The predicted octanol–water partition coefficient (Wildman–Crippen LogP) is 3.22. The quantitative estimate of drug-likeness (QED) is 0.331. The van der Waals surface area contributed by atoms with E-state index in [2.05, 4.69) is 0 Å². The Labute approximate surface area is 230 Å². The molecule has 4 heterocycles. The molecule has 5 atom stereocenters. The number of ketones is 1. The van der Waals surface area contributed by atoms with Crippen molar-refractivity contribution in [2.75, 3.05) is 27.9 Å². The zero-order chi connectivity index (χ0) is 28.6. The SMILES string of the molecule is COc1c2c(c(O)c3c4c(c(C)cc13)[C@@H]1O[C@@]3(C(OC)OC)O[C@@H]1[C@@](OC(C)=O)(O4)[C@@]31CO1)C(=O)C(C)(C)CC2. The first kappa shape index (κ1) is 26.0. The highest BCUT2D eigenvalue weighted by Gasteiger charge is 2.94. The van der Waals surface area contributed by atoms with Crippen molar-refractivity contribution in [1.29, 1.82) is 0 Å². The lowest BCUT2D eigenvalue weighted by Gasteiger charge is -2.49. The summed E-state index contributed by atoms with van der Waals surface area (Å²) in [4.78, 5) is 26.2. The second-order valence-corrected chi connectivity index (χ2v) is 11.8. The van der Waals surface area contributed by atoms with Crippen molar-refractivity contribution in [3.8, 4) is 17.2 Å². The van der Waals surface area contributed by atoms with Gasteiger partial charge in [0, 0.05) is 43.1 Å². The first-order valence-corrected chi connectivity index (χ1v) is 13.3. The molecule has 214 valence electrons. The Bertz CT molecular complexity index is 1500. The molecule has 0 amide bonds. The third-order valence-electron chi connectivity index (χ3n) is 9.25. The van der Waals surface area contributed by atoms with E-state index in [0.717, 1.165) is 5.56 Å². The van der Waals surface area contributed by atoms with Crippen LogP contribution >= 0.6 is 0 Å². The van der Waals surface area contributed by atoms with Gasteiger partial charge < -0.3 is 43.0 Å². The van der Waals surface area contributed by atoms with Gasteiger partial charge in [-0.2, -0.15) is 0 Å². The number of fused-ring (bicyclic) bond motifs is 8. The molecule has 4 aliphatic heterocycles. The summed E-state index contributed by atoms with van der Waals surface area (Å²) < 4.78 is 48.8. The van der Waals surface area contributed by atoms with Crippen LogP contribution in [0, 0.1) is 12.3 Å². The maximum atomic E-state index is 13.6. The van der Waals surface area contributed by atoms with E-state index in [1.807, 2.05) is 26.8 Å². The van der Waals surface area contributed by atoms with Gasteiger partial charge in [-0.15, -0.1) is 0 Å². The van der Waals surface area contributed by atoms with Crippen LogP contribution in [-0.2, 0) is 39.6 Å². The minimum absolute atomic E-state index is 0.0726. The van der Waals surface area contributed by atoms with Crippen LogP contribution in [0.4, 0.5) is 0 Å². The fourth-order valence-electron chi connectivity index (χ4n) is 7.35. The summed E-state index contributed by atoms with van der Waals surface area (Å²) in [5, 5.41) is 12.7. The van der Waals surface area contributed by atoms with Crippen LogP contribution in [0.25, 0.3) is 10.8 Å². The number of Topliss-reactive ketones (excluding diaryl/α,β-unsaturated/α-hetero) is 1. The smallest absolute Gasteiger partial charge is 0.320 e. The van der Waals surface area contributed by atoms with Crippen molar-refractivity contribution in [2.45, 2.75) is 76.2 Å². The lowest BCUT2D eigenvalue weighted by Crippen LogP contribution is -2.70. The minimum Gasteiger partial charge on any atom is -0.506 e. The van der Waals surface area contributed by atoms with E-state index < -0.39 is 47.1 Å². The molecule has 0 aromatic heterocycles. The number of phenolic OH excluding ortho intramolecular Hbond substituents is 1. The van der Waals surface area contributed by atoms with E-state index in [0.29, 0.717) is 35.1 Å². The Morgan fingerprint density at radius 1 is 1.18 bits per heavy atom. The van der Waals surface area contributed by atoms with E-state index in [1.165, 1.54) is 21.1 Å². The summed E-state index contributed by atoms with van der Waals surface area (Å²) in [6.07, 6.45) is -1.59. The zero-order valence-electron chi connectivity index (χ0n) is 23.5. The Hall–Kier alpha value is -2.96. The van der Waals surface area contributed by atoms with Gasteiger partial charge in [0.2, 0.25) is 11.9 Å². The van der Waals surface area contributed by atoms with Gasteiger partial charge in [0.15, 0.2) is 11.9 Å². The molecule has 7 rings (SSSR count). The molecule has 1 spiro atoms. The lowest BCUT2D eigenvalue weighted by atomic mass is 9.71. The highest BCUT2D eigenvalue weighted by molar-refractivity contribution is 6.13. The van der Waals surface area contributed by atoms with Gasteiger partial charge in [-0.3, -0.25) is 9.59 Å². The van der Waals surface area contributed by atoms with Crippen molar-refractivity contribution < 1.29 is 52.6 Å². The Morgan fingerprint density at radius 3 is 2.48 bits per heavy atom. The molecule has 11 heteroatoms. The van der Waals surface area contributed by atoms with Gasteiger partial charge in [0.1, 0.15) is 23.4 Å². The third kappa shape index (κ3) is 2.73. The largest absolute Gasteiger partial charge is 0.506 e. The van der Waals surface area contributed by atoms with Crippen LogP contribution in [0.1, 0.15) is 60.3 Å². The predicted molar refractivity (Wildman–Crippen MR) is 136 cm³/mol. The molecule has 5 aliphatic rings. The molecule has 0 unspecified atom stereocenters. The van der Waals surface area contributed by atoms with Crippen LogP contribution in [-0.4, -0.2) is 74.4 Å². The molecule has 11 nitrogen and oxygen atoms in total. The van der Waals surface area contributed by atoms with Gasteiger partial charge >= 0.3 is 11.8 Å². The molecule has 1 N–H and O–H groups in total. The topological polar surface area (TPSA) is 132 Å². The molecule has 40 heavy (non-hydrogen) atoms. The fraction of sp³-hybridized carbons (Fsp3) is 0.586. The summed E-state index contributed by atoms with van der Waals surface area (Å²) in [7, 11) is 4.44. The van der Waals surface area contributed by atoms with Crippen LogP contribution in [0.2, 0.25) is 0 Å². The van der Waals surface area contributed by atoms with Crippen molar-refractivity contribution in [2.24, 2.45) is 5.41 Å². The number of aryl methyl sites for hydroxylation is 1. The number of esters is 1. The minimum atomic E-state index is -1.79. The monoisotopic (exact) mass is 556 g/mol. The first-order valence-electron chi connectivity index (χ1n) is 13.3. The molecule has 3 fully saturated rings. The zero-order valence-corrected chi connectivity index (χ0v) is 23.5. The Kier molecular flexibility index (Phi) is 5.10. The van der Waals surface area contributed by atoms with Gasteiger partial charge in [0.05, 0.1) is 24.7 Å². The van der Waals surface area contributed by atoms with Crippen LogP contribution < -0.4 is 9.47 Å². The molecule has 2 bridgehead atoms.